The Bertz CT molecular complexity index is 32.1. The Hall–Kier alpha value is -0.160. The Labute approximate surface area is 57.1 Å². The van der Waals surface area contributed by atoms with Crippen LogP contribution in [0.4, 0.5) is 0 Å². The van der Waals surface area contributed by atoms with Crippen LogP contribution >= 0.6 is 0 Å². The second-order valence-electron chi connectivity index (χ2n) is 0.859. The molecule has 0 atom stereocenters. The van der Waals surface area contributed by atoms with Gasteiger partial charge in [0.15, 0.2) is 0 Å². The lowest BCUT2D eigenvalue weighted by Crippen LogP contribution is -2.11. The van der Waals surface area contributed by atoms with Crippen molar-refractivity contribution in [3.05, 3.63) is 0 Å². The second-order valence-corrected chi connectivity index (χ2v) is 0.859. The van der Waals surface area contributed by atoms with Gasteiger partial charge in [-0.25, -0.2) is 0 Å². The molecule has 0 amide bonds. The normalized spacial score (nSPS) is 7.33. The fraction of sp³-hybridized carbons (Fsp3) is 1.00. The zero-order chi connectivity index (χ0) is 5.54. The maximum Gasteiger partial charge on any atom is 0.150 e. The molecule has 0 unspecified atom stereocenters. The van der Waals surface area contributed by atoms with Crippen molar-refractivity contribution >= 4 is 0 Å². The van der Waals surface area contributed by atoms with Gasteiger partial charge in [0, 0.05) is 0 Å². The van der Waals surface area contributed by atoms with Crippen molar-refractivity contribution in [3.63, 3.8) is 0 Å². The molecule has 0 rings (SSSR count). The van der Waals surface area contributed by atoms with Gasteiger partial charge in [0.25, 0.3) is 0 Å². The van der Waals surface area contributed by atoms with Crippen molar-refractivity contribution in [2.75, 3.05) is 20.3 Å². The third kappa shape index (κ3) is 18.1. The number of hydrogen-bond donors (Lipinski definition) is 2. The minimum atomic E-state index is 0. The van der Waals surface area contributed by atoms with E-state index in [4.69, 9.17) is 11.5 Å². The van der Waals surface area contributed by atoms with Crippen LogP contribution in [0.2, 0.25) is 0 Å². The Morgan fingerprint density at radius 2 is 1.22 bits per heavy atom. The van der Waals surface area contributed by atoms with Gasteiger partial charge in [-0.3, -0.25) is 0 Å². The molecule has 4 heteroatoms. The lowest BCUT2D eigenvalue weighted by atomic mass is 11.2. The predicted octanol–water partition coefficient (Wildman–Crippen LogP) is 0.0817. The van der Waals surface area contributed by atoms with E-state index < -0.39 is 0 Å². The zero-order valence-corrected chi connectivity index (χ0v) is 4.09. The summed E-state index contributed by atoms with van der Waals surface area (Å²) in [5.41, 5.74) is 9.85. The molecule has 0 fully saturated rings. The highest BCUT2D eigenvalue weighted by atomic mass is 16.7. The first-order chi connectivity index (χ1) is 3.41. The van der Waals surface area contributed by atoms with E-state index in [-0.39, 0.29) is 35.1 Å². The van der Waals surface area contributed by atoms with E-state index in [0.29, 0.717) is 0 Å². The van der Waals surface area contributed by atoms with E-state index >= 15 is 0 Å². The minimum Gasteiger partial charge on any atom is -0.340 e. The molecule has 4 N–H and O–H groups in total. The topological polar surface area (TPSA) is 70.5 Å². The first-order valence-electron chi connectivity index (χ1n) is 1.97. The largest absolute Gasteiger partial charge is 0.340 e. The second kappa shape index (κ2) is 15.7. The van der Waals surface area contributed by atoms with E-state index in [9.17, 15) is 0 Å². The van der Waals surface area contributed by atoms with Gasteiger partial charge >= 0.3 is 0 Å². The molecular weight excluding hydrogens is 120 g/mol. The van der Waals surface area contributed by atoms with Gasteiger partial charge in [-0.15, -0.1) is 0 Å². The Morgan fingerprint density at radius 1 is 0.889 bits per heavy atom. The summed E-state index contributed by atoms with van der Waals surface area (Å²) in [5.74, 6) is 0. The first-order valence-corrected chi connectivity index (χ1v) is 1.97. The number of hydrogen-bond acceptors (Lipinski definition) is 4. The van der Waals surface area contributed by atoms with E-state index in [1.807, 2.05) is 0 Å². The van der Waals surface area contributed by atoms with Gasteiger partial charge in [-0.2, -0.15) is 0 Å². The van der Waals surface area contributed by atoms with Crippen LogP contribution in [0.5, 0.6) is 0 Å². The van der Waals surface area contributed by atoms with E-state index in [1.165, 1.54) is 0 Å². The summed E-state index contributed by atoms with van der Waals surface area (Å²) < 4.78 is 9.10. The predicted molar refractivity (Wildman–Crippen MR) is 38.6 cm³/mol. The Kier molecular flexibility index (Phi) is 27.7. The molecule has 0 radical (unpaired) electrons. The Morgan fingerprint density at radius 3 is 1.44 bits per heavy atom. The number of nitrogens with two attached hydrogens (primary N) is 2. The van der Waals surface area contributed by atoms with Crippen LogP contribution in [0.1, 0.15) is 14.9 Å². The Balaban J connectivity index is -0.000000180. The summed E-state index contributed by atoms with van der Waals surface area (Å²) >= 11 is 0. The molecular formula is C5H18N2O2. The average molecular weight is 138 g/mol. The zero-order valence-electron chi connectivity index (χ0n) is 4.09. The standard InChI is InChI=1S/C3H10N2O2.2CH4/c4-1-6-3-7-2-5;;/h1-5H2;2*1H4. The average Bonchev–Trinajstić information content (AvgIpc) is 1.69. The highest BCUT2D eigenvalue weighted by molar-refractivity contribution is 4.04. The van der Waals surface area contributed by atoms with Crippen molar-refractivity contribution in [2.45, 2.75) is 14.9 Å². The molecule has 0 aliphatic heterocycles. The van der Waals surface area contributed by atoms with Crippen LogP contribution in [0.15, 0.2) is 0 Å². The highest BCUT2D eigenvalue weighted by Gasteiger charge is 1.76. The molecule has 0 aliphatic rings. The van der Waals surface area contributed by atoms with Gasteiger partial charge in [0.1, 0.15) is 6.79 Å². The summed E-state index contributed by atoms with van der Waals surface area (Å²) in [7, 11) is 0. The molecule has 0 bridgehead atoms. The lowest BCUT2D eigenvalue weighted by molar-refractivity contribution is -0.0494. The van der Waals surface area contributed by atoms with Gasteiger partial charge in [0.05, 0.1) is 13.5 Å². The van der Waals surface area contributed by atoms with Gasteiger partial charge in [0.2, 0.25) is 0 Å². The molecule has 0 aliphatic carbocycles. The summed E-state index contributed by atoms with van der Waals surface area (Å²) in [6.07, 6.45) is 0. The van der Waals surface area contributed by atoms with Crippen molar-refractivity contribution in [1.29, 1.82) is 0 Å². The van der Waals surface area contributed by atoms with Crippen molar-refractivity contribution in [1.82, 2.24) is 0 Å². The van der Waals surface area contributed by atoms with Gasteiger partial charge in [-0.1, -0.05) is 14.9 Å². The third-order valence-electron chi connectivity index (χ3n) is 0.402. The van der Waals surface area contributed by atoms with Crippen LogP contribution in [0, 0.1) is 0 Å². The third-order valence-corrected chi connectivity index (χ3v) is 0.402. The fourth-order valence-corrected chi connectivity index (χ4v) is 0.155. The molecule has 0 saturated carbocycles. The highest BCUT2D eigenvalue weighted by Crippen LogP contribution is 1.67. The van der Waals surface area contributed by atoms with E-state index in [0.717, 1.165) is 0 Å². The quantitative estimate of drug-likeness (QED) is 0.426. The summed E-state index contributed by atoms with van der Waals surface area (Å²) in [5, 5.41) is 0. The molecule has 0 aromatic carbocycles. The smallest absolute Gasteiger partial charge is 0.150 e. The van der Waals surface area contributed by atoms with E-state index in [1.54, 1.807) is 0 Å². The number of ether oxygens (including phenoxy) is 2. The van der Waals surface area contributed by atoms with Gasteiger partial charge in [-0.05, 0) is 0 Å². The van der Waals surface area contributed by atoms with Crippen molar-refractivity contribution in [2.24, 2.45) is 11.5 Å². The summed E-state index contributed by atoms with van der Waals surface area (Å²) in [6.45, 7) is 0.549. The van der Waals surface area contributed by atoms with Crippen molar-refractivity contribution in [3.8, 4) is 0 Å². The molecule has 0 aromatic heterocycles. The van der Waals surface area contributed by atoms with Crippen LogP contribution in [0.25, 0.3) is 0 Å². The molecule has 60 valence electrons. The van der Waals surface area contributed by atoms with Crippen LogP contribution in [0.3, 0.4) is 0 Å². The van der Waals surface area contributed by atoms with Gasteiger partial charge < -0.3 is 20.9 Å². The maximum absolute atomic E-state index is 4.93. The lowest BCUT2D eigenvalue weighted by Gasteiger charge is -1.97. The fourth-order valence-electron chi connectivity index (χ4n) is 0.155. The molecule has 0 heterocycles. The first kappa shape index (κ1) is 15.9. The molecule has 4 nitrogen and oxygen atoms in total. The number of rotatable bonds is 4. The van der Waals surface area contributed by atoms with Crippen LogP contribution in [-0.4, -0.2) is 20.3 Å². The summed E-state index contributed by atoms with van der Waals surface area (Å²) in [6, 6.07) is 0. The molecule has 9 heavy (non-hydrogen) atoms. The molecule has 0 spiro atoms. The van der Waals surface area contributed by atoms with Crippen molar-refractivity contribution < 1.29 is 9.47 Å². The maximum atomic E-state index is 4.93. The SMILES string of the molecule is C.C.NCOCOCN. The molecule has 0 saturated heterocycles. The summed E-state index contributed by atoms with van der Waals surface area (Å²) in [4.78, 5) is 0. The van der Waals surface area contributed by atoms with Crippen LogP contribution in [-0.2, 0) is 9.47 Å². The monoisotopic (exact) mass is 138 g/mol. The van der Waals surface area contributed by atoms with Crippen LogP contribution < -0.4 is 11.5 Å². The van der Waals surface area contributed by atoms with E-state index in [2.05, 4.69) is 9.47 Å². The molecule has 0 aromatic rings. The minimum absolute atomic E-state index is 0.